The summed E-state index contributed by atoms with van der Waals surface area (Å²) < 4.78 is 52.3. The molecule has 0 aliphatic carbocycles. The SMILES string of the molecule is CCOC(=O)CN1CCN(C(=O)NC2(c3ccccc3)CCN(CCC3(c4ccc(Cl)c(Cl)c4)CCN(C(=O)c4cc(-n5nnnc5C(F)(F)F)ccc4OC)C3)CC2)CC1. The number of aromatic nitrogens is 4. The number of alkyl halides is 3. The van der Waals surface area contributed by atoms with Crippen LogP contribution < -0.4 is 10.1 Å². The second-order valence-electron chi connectivity index (χ2n) is 15.7. The Bertz CT molecular complexity index is 2200. The summed E-state index contributed by atoms with van der Waals surface area (Å²) in [5.41, 5.74) is 0.861. The Hall–Kier alpha value is -4.97. The maximum Gasteiger partial charge on any atom is 0.453 e. The van der Waals surface area contributed by atoms with E-state index in [2.05, 4.69) is 37.9 Å². The van der Waals surface area contributed by atoms with Gasteiger partial charge in [-0.05, 0) is 91.0 Å². The van der Waals surface area contributed by atoms with Crippen molar-refractivity contribution in [1.82, 2.24) is 45.1 Å². The maximum absolute atomic E-state index is 14.3. The van der Waals surface area contributed by atoms with Gasteiger partial charge >= 0.3 is 18.2 Å². The van der Waals surface area contributed by atoms with Crippen LogP contribution in [0.4, 0.5) is 18.0 Å². The first-order chi connectivity index (χ1) is 29.2. The first-order valence-corrected chi connectivity index (χ1v) is 21.0. The molecule has 0 spiro atoms. The largest absolute Gasteiger partial charge is 0.496 e. The summed E-state index contributed by atoms with van der Waals surface area (Å²) in [6, 6.07) is 19.5. The number of carbonyl (C=O) groups is 3. The fourth-order valence-corrected chi connectivity index (χ4v) is 9.01. The highest BCUT2D eigenvalue weighted by Crippen LogP contribution is 2.42. The van der Waals surface area contributed by atoms with Crippen molar-refractivity contribution in [3.8, 4) is 11.4 Å². The van der Waals surface area contributed by atoms with Gasteiger partial charge in [-0.1, -0.05) is 59.6 Å². The Morgan fingerprint density at radius 2 is 1.57 bits per heavy atom. The number of tetrazole rings is 1. The Balaban J connectivity index is 1.06. The lowest BCUT2D eigenvalue weighted by Crippen LogP contribution is -2.59. The summed E-state index contributed by atoms with van der Waals surface area (Å²) in [6.07, 6.45) is -2.23. The van der Waals surface area contributed by atoms with Crippen molar-refractivity contribution < 1.29 is 37.0 Å². The average molecular weight is 887 g/mol. The van der Waals surface area contributed by atoms with E-state index in [1.165, 1.54) is 25.3 Å². The van der Waals surface area contributed by atoms with Gasteiger partial charge in [-0.15, -0.1) is 5.10 Å². The van der Waals surface area contributed by atoms with Gasteiger partial charge in [-0.3, -0.25) is 14.5 Å². The van der Waals surface area contributed by atoms with Crippen LogP contribution in [0.25, 0.3) is 5.69 Å². The van der Waals surface area contributed by atoms with Crippen molar-refractivity contribution in [3.63, 3.8) is 0 Å². The van der Waals surface area contributed by atoms with Gasteiger partial charge in [0.05, 0.1) is 47.1 Å². The number of hydrogen-bond acceptors (Lipinski definition) is 10. The molecule has 3 aliphatic rings. The molecular weight excluding hydrogens is 838 g/mol. The van der Waals surface area contributed by atoms with Crippen molar-refractivity contribution in [3.05, 3.63) is 99.3 Å². The number of nitrogens with zero attached hydrogens (tertiary/aromatic N) is 8. The van der Waals surface area contributed by atoms with Gasteiger partial charge in [-0.2, -0.15) is 17.9 Å². The molecule has 3 aliphatic heterocycles. The molecule has 19 heteroatoms. The van der Waals surface area contributed by atoms with Crippen molar-refractivity contribution >= 4 is 41.1 Å². The first kappa shape index (κ1) is 44.1. The van der Waals surface area contributed by atoms with Crippen LogP contribution in [0.5, 0.6) is 5.75 Å². The number of methoxy groups -OCH3 is 1. The van der Waals surface area contributed by atoms with E-state index in [0.717, 1.165) is 11.1 Å². The molecule has 1 unspecified atom stereocenters. The highest BCUT2D eigenvalue weighted by atomic mass is 35.5. The number of benzene rings is 3. The zero-order valence-corrected chi connectivity index (χ0v) is 35.5. The molecule has 4 aromatic rings. The summed E-state index contributed by atoms with van der Waals surface area (Å²) in [4.78, 5) is 48.1. The number of ether oxygens (including phenoxy) is 2. The molecule has 1 atom stereocenters. The van der Waals surface area contributed by atoms with Gasteiger partial charge in [0.15, 0.2) is 0 Å². The van der Waals surface area contributed by atoms with E-state index >= 15 is 0 Å². The zero-order valence-electron chi connectivity index (χ0n) is 34.0. The topological polar surface area (TPSA) is 138 Å². The number of likely N-dealkylation sites (tertiary alicyclic amines) is 2. The summed E-state index contributed by atoms with van der Waals surface area (Å²) in [6.45, 7) is 7.20. The number of rotatable bonds is 12. The third-order valence-electron chi connectivity index (χ3n) is 12.2. The molecule has 3 amide bonds. The minimum atomic E-state index is -4.82. The number of piperidine rings is 1. The fraction of sp³-hybridized carbons (Fsp3) is 0.476. The molecule has 61 heavy (non-hydrogen) atoms. The molecular formula is C42H48Cl2F3N9O5. The highest BCUT2D eigenvalue weighted by Gasteiger charge is 2.44. The van der Waals surface area contributed by atoms with Gasteiger partial charge in [0.25, 0.3) is 11.7 Å². The van der Waals surface area contributed by atoms with Crippen LogP contribution >= 0.6 is 23.2 Å². The standard InChI is InChI=1S/C42H48Cl2F3N9O5/c1-3-61-36(57)27-53-21-23-54(24-22-53)39(59)48-41(29-7-5-4-6-8-29)15-18-52(19-16-41)17-13-40(30-9-11-33(43)34(44)25-30)14-20-55(28-40)37(58)32-26-31(10-12-35(32)60-2)56-38(42(45,46)47)49-50-51-56/h4-12,25-26H,3,13-24,27-28H2,1-2H3,(H,48,59). The van der Waals surface area contributed by atoms with E-state index in [9.17, 15) is 27.6 Å². The molecule has 0 bridgehead atoms. The van der Waals surface area contributed by atoms with Gasteiger partial charge in [-0.25, -0.2) is 4.79 Å². The molecule has 3 saturated heterocycles. The predicted octanol–water partition coefficient (Wildman–Crippen LogP) is 6.05. The predicted molar refractivity (Wildman–Crippen MR) is 221 cm³/mol. The maximum atomic E-state index is 14.3. The number of piperazine rings is 1. The van der Waals surface area contributed by atoms with Crippen LogP contribution in [0.3, 0.4) is 0 Å². The number of amides is 3. The second-order valence-corrected chi connectivity index (χ2v) is 16.5. The molecule has 7 rings (SSSR count). The highest BCUT2D eigenvalue weighted by molar-refractivity contribution is 6.42. The summed E-state index contributed by atoms with van der Waals surface area (Å²) in [7, 11) is 1.39. The minimum absolute atomic E-state index is 0.0436. The van der Waals surface area contributed by atoms with E-state index in [1.807, 2.05) is 40.1 Å². The van der Waals surface area contributed by atoms with Gasteiger partial charge in [0.2, 0.25) is 0 Å². The minimum Gasteiger partial charge on any atom is -0.496 e. The molecule has 1 N–H and O–H groups in total. The van der Waals surface area contributed by atoms with Crippen molar-refractivity contribution in [2.75, 3.05) is 79.2 Å². The van der Waals surface area contributed by atoms with Crippen molar-refractivity contribution in [2.45, 2.75) is 49.7 Å². The number of urea groups is 1. The second kappa shape index (κ2) is 18.6. The molecule has 14 nitrogen and oxygen atoms in total. The summed E-state index contributed by atoms with van der Waals surface area (Å²) >= 11 is 12.9. The Labute approximate surface area is 361 Å². The molecule has 4 heterocycles. The number of carbonyl (C=O) groups excluding carboxylic acids is 3. The lowest BCUT2D eigenvalue weighted by molar-refractivity contribution is -0.146. The normalized spacial score (nSPS) is 19.8. The first-order valence-electron chi connectivity index (χ1n) is 20.3. The Kier molecular flexibility index (Phi) is 13.4. The molecule has 326 valence electrons. The third kappa shape index (κ3) is 9.74. The molecule has 0 radical (unpaired) electrons. The van der Waals surface area contributed by atoms with Crippen LogP contribution in [0.15, 0.2) is 66.7 Å². The van der Waals surface area contributed by atoms with Crippen LogP contribution in [-0.4, -0.2) is 137 Å². The van der Waals surface area contributed by atoms with Crippen LogP contribution in [0.2, 0.25) is 10.0 Å². The molecule has 3 fully saturated rings. The van der Waals surface area contributed by atoms with Gasteiger partial charge in [0, 0.05) is 57.8 Å². The number of esters is 1. The van der Waals surface area contributed by atoms with E-state index < -0.39 is 28.9 Å². The monoisotopic (exact) mass is 885 g/mol. The van der Waals surface area contributed by atoms with Crippen LogP contribution in [0.1, 0.15) is 59.9 Å². The number of hydrogen-bond donors (Lipinski definition) is 1. The Morgan fingerprint density at radius 1 is 0.836 bits per heavy atom. The summed E-state index contributed by atoms with van der Waals surface area (Å²) in [5.74, 6) is -1.81. The van der Waals surface area contributed by atoms with E-state index in [4.69, 9.17) is 32.7 Å². The lowest BCUT2D eigenvalue weighted by atomic mass is 9.76. The number of halogens is 5. The van der Waals surface area contributed by atoms with Gasteiger partial charge < -0.3 is 29.5 Å². The average Bonchev–Trinajstić information content (AvgIpc) is 3.94. The zero-order chi connectivity index (χ0) is 43.4. The van der Waals surface area contributed by atoms with E-state index in [0.29, 0.717) is 106 Å². The summed E-state index contributed by atoms with van der Waals surface area (Å²) in [5, 5.41) is 14.1. The number of nitrogens with one attached hydrogen (secondary N) is 1. The van der Waals surface area contributed by atoms with Crippen LogP contribution in [0, 0.1) is 0 Å². The molecule has 3 aromatic carbocycles. The quantitative estimate of drug-likeness (QED) is 0.168. The van der Waals surface area contributed by atoms with Crippen molar-refractivity contribution in [1.29, 1.82) is 0 Å². The third-order valence-corrected chi connectivity index (χ3v) is 12.9. The fourth-order valence-electron chi connectivity index (χ4n) is 8.71. The Morgan fingerprint density at radius 3 is 2.25 bits per heavy atom. The van der Waals surface area contributed by atoms with Gasteiger partial charge in [0.1, 0.15) is 5.75 Å². The smallest absolute Gasteiger partial charge is 0.453 e. The van der Waals surface area contributed by atoms with E-state index in [1.54, 1.807) is 17.9 Å². The lowest BCUT2D eigenvalue weighted by Gasteiger charge is -2.45. The van der Waals surface area contributed by atoms with E-state index in [-0.39, 0.29) is 35.5 Å². The van der Waals surface area contributed by atoms with Crippen LogP contribution in [-0.2, 0) is 26.7 Å². The molecule has 0 saturated carbocycles. The molecule has 1 aromatic heterocycles. The van der Waals surface area contributed by atoms with Crippen molar-refractivity contribution in [2.24, 2.45) is 0 Å².